The Hall–Kier alpha value is -1.47. The van der Waals surface area contributed by atoms with E-state index in [1.165, 1.54) is 24.5 Å². The van der Waals surface area contributed by atoms with Gasteiger partial charge in [0.25, 0.3) is 0 Å². The first-order valence-electron chi connectivity index (χ1n) is 5.48. The van der Waals surface area contributed by atoms with Crippen molar-refractivity contribution in [3.05, 3.63) is 24.5 Å². The molecule has 0 saturated carbocycles. The third-order valence-electron chi connectivity index (χ3n) is 2.25. The molecule has 0 radical (unpaired) electrons. The predicted octanol–water partition coefficient (Wildman–Crippen LogP) is 0.859. The van der Waals surface area contributed by atoms with E-state index in [4.69, 9.17) is 5.11 Å². The number of rotatable bonds is 6. The Morgan fingerprint density at radius 3 is 2.61 bits per heavy atom. The van der Waals surface area contributed by atoms with Crippen molar-refractivity contribution in [3.8, 4) is 0 Å². The summed E-state index contributed by atoms with van der Waals surface area (Å²) in [4.78, 5) is 14.7. The van der Waals surface area contributed by atoms with Crippen LogP contribution in [0.5, 0.6) is 0 Å². The molecule has 7 heteroatoms. The van der Waals surface area contributed by atoms with Crippen LogP contribution in [0.1, 0.15) is 20.3 Å². The van der Waals surface area contributed by atoms with Crippen molar-refractivity contribution in [1.29, 1.82) is 0 Å². The van der Waals surface area contributed by atoms with Gasteiger partial charge in [0, 0.05) is 12.4 Å². The number of aromatic nitrogens is 1. The highest BCUT2D eigenvalue weighted by Crippen LogP contribution is 2.11. The molecule has 0 amide bonds. The van der Waals surface area contributed by atoms with Gasteiger partial charge in [-0.05, 0) is 24.5 Å². The molecule has 0 aliphatic rings. The maximum absolute atomic E-state index is 11.9. The van der Waals surface area contributed by atoms with Gasteiger partial charge >= 0.3 is 5.97 Å². The van der Waals surface area contributed by atoms with Crippen molar-refractivity contribution in [2.24, 2.45) is 5.92 Å². The highest BCUT2D eigenvalue weighted by atomic mass is 32.2. The molecule has 0 aliphatic heterocycles. The number of pyridine rings is 1. The summed E-state index contributed by atoms with van der Waals surface area (Å²) in [5, 5.41) is 8.99. The molecule has 0 spiro atoms. The quantitative estimate of drug-likeness (QED) is 0.800. The number of hydrogen-bond acceptors (Lipinski definition) is 4. The lowest BCUT2D eigenvalue weighted by Crippen LogP contribution is -2.41. The summed E-state index contributed by atoms with van der Waals surface area (Å²) in [5.74, 6) is -1.11. The van der Waals surface area contributed by atoms with Gasteiger partial charge in [0.15, 0.2) is 0 Å². The number of nitrogens with one attached hydrogen (secondary N) is 1. The molecule has 2 N–H and O–H groups in total. The van der Waals surface area contributed by atoms with Gasteiger partial charge in [0.2, 0.25) is 10.0 Å². The second-order valence-corrected chi connectivity index (χ2v) is 6.04. The maximum Gasteiger partial charge on any atom is 0.321 e. The van der Waals surface area contributed by atoms with Crippen LogP contribution in [0, 0.1) is 5.92 Å². The number of hydrogen-bond donors (Lipinski definition) is 2. The molecule has 0 unspecified atom stereocenters. The van der Waals surface area contributed by atoms with Crippen molar-refractivity contribution in [2.75, 3.05) is 0 Å². The monoisotopic (exact) mass is 272 g/mol. The first kappa shape index (κ1) is 14.6. The highest BCUT2D eigenvalue weighted by molar-refractivity contribution is 7.89. The summed E-state index contributed by atoms with van der Waals surface area (Å²) >= 11 is 0. The van der Waals surface area contributed by atoms with Crippen molar-refractivity contribution in [3.63, 3.8) is 0 Å². The van der Waals surface area contributed by atoms with Crippen LogP contribution >= 0.6 is 0 Å². The zero-order valence-corrected chi connectivity index (χ0v) is 11.0. The average Bonchev–Trinajstić information content (AvgIpc) is 2.28. The standard InChI is InChI=1S/C11H16N2O4S/c1-8(2)6-10(11(14)15)13-18(16,17)9-4-3-5-12-7-9/h3-5,7-8,10,13H,6H2,1-2H3,(H,14,15)/t10-/m1/s1. The van der Waals surface area contributed by atoms with Gasteiger partial charge in [-0.2, -0.15) is 4.72 Å². The van der Waals surface area contributed by atoms with Crippen molar-refractivity contribution < 1.29 is 18.3 Å². The van der Waals surface area contributed by atoms with Crippen molar-refractivity contribution in [1.82, 2.24) is 9.71 Å². The molecule has 1 aromatic heterocycles. The average molecular weight is 272 g/mol. The van der Waals surface area contributed by atoms with Gasteiger partial charge in [-0.25, -0.2) is 8.42 Å². The van der Waals surface area contributed by atoms with Crippen LogP contribution in [0.25, 0.3) is 0 Å². The number of aliphatic carboxylic acids is 1. The van der Waals surface area contributed by atoms with Crippen molar-refractivity contribution >= 4 is 16.0 Å². The van der Waals surface area contributed by atoms with Crippen molar-refractivity contribution in [2.45, 2.75) is 31.2 Å². The molecule has 0 saturated heterocycles. The van der Waals surface area contributed by atoms with Crippen LogP contribution < -0.4 is 4.72 Å². The molecule has 0 aliphatic carbocycles. The molecule has 1 heterocycles. The fourth-order valence-electron chi connectivity index (χ4n) is 1.43. The molecule has 18 heavy (non-hydrogen) atoms. The lowest BCUT2D eigenvalue weighted by Gasteiger charge is -2.16. The van der Waals surface area contributed by atoms with Crippen LogP contribution in [0.2, 0.25) is 0 Å². The van der Waals surface area contributed by atoms with Gasteiger partial charge in [-0.15, -0.1) is 0 Å². The van der Waals surface area contributed by atoms with Gasteiger partial charge in [0.05, 0.1) is 0 Å². The Bertz CT molecular complexity index is 499. The van der Waals surface area contributed by atoms with Crippen LogP contribution in [-0.4, -0.2) is 30.5 Å². The predicted molar refractivity (Wildman–Crippen MR) is 65.4 cm³/mol. The van der Waals surface area contributed by atoms with Crippen LogP contribution in [0.4, 0.5) is 0 Å². The molecule has 6 nitrogen and oxygen atoms in total. The van der Waals surface area contributed by atoms with Gasteiger partial charge in [-0.1, -0.05) is 13.8 Å². The summed E-state index contributed by atoms with van der Waals surface area (Å²) in [7, 11) is -3.84. The summed E-state index contributed by atoms with van der Waals surface area (Å²) in [6, 6.07) is 1.71. The SMILES string of the molecule is CC(C)C[C@@H](NS(=O)(=O)c1cccnc1)C(=O)O. The second-order valence-electron chi connectivity index (χ2n) is 4.33. The third kappa shape index (κ3) is 4.08. The van der Waals surface area contributed by atoms with E-state index in [1.807, 2.05) is 13.8 Å². The molecular weight excluding hydrogens is 256 g/mol. The highest BCUT2D eigenvalue weighted by Gasteiger charge is 2.26. The van der Waals surface area contributed by atoms with E-state index in [-0.39, 0.29) is 17.2 Å². The number of sulfonamides is 1. The molecular formula is C11H16N2O4S. The normalized spacial score (nSPS) is 13.5. The molecule has 1 atom stereocenters. The lowest BCUT2D eigenvalue weighted by atomic mass is 10.1. The van der Waals surface area contributed by atoms with Crippen LogP contribution in [-0.2, 0) is 14.8 Å². The third-order valence-corrected chi connectivity index (χ3v) is 3.70. The van der Waals surface area contributed by atoms with E-state index in [0.29, 0.717) is 0 Å². The maximum atomic E-state index is 11.9. The molecule has 0 bridgehead atoms. The zero-order chi connectivity index (χ0) is 13.8. The summed E-state index contributed by atoms with van der Waals surface area (Å²) in [6.45, 7) is 3.66. The Balaban J connectivity index is 2.90. The molecule has 0 fully saturated rings. The first-order chi connectivity index (χ1) is 8.33. The minimum absolute atomic E-state index is 0.0417. The number of carboxylic acid groups (broad SMARTS) is 1. The van der Waals surface area contributed by atoms with Crippen LogP contribution in [0.15, 0.2) is 29.4 Å². The fourth-order valence-corrected chi connectivity index (χ4v) is 2.60. The molecule has 0 aromatic carbocycles. The number of nitrogens with zero attached hydrogens (tertiary/aromatic N) is 1. The van der Waals surface area contributed by atoms with E-state index in [0.717, 1.165) is 0 Å². The lowest BCUT2D eigenvalue weighted by molar-refractivity contribution is -0.139. The zero-order valence-electron chi connectivity index (χ0n) is 10.2. The Morgan fingerprint density at radius 1 is 1.50 bits per heavy atom. The summed E-state index contributed by atoms with van der Waals surface area (Å²) < 4.78 is 26.0. The van der Waals surface area contributed by atoms with E-state index >= 15 is 0 Å². The molecule has 1 rings (SSSR count). The smallest absolute Gasteiger partial charge is 0.321 e. The molecule has 1 aromatic rings. The van der Waals surface area contributed by atoms with Crippen LogP contribution in [0.3, 0.4) is 0 Å². The van der Waals surface area contributed by atoms with E-state index in [2.05, 4.69) is 9.71 Å². The summed E-state index contributed by atoms with van der Waals surface area (Å²) in [5.41, 5.74) is 0. The van der Waals surface area contributed by atoms with E-state index in [9.17, 15) is 13.2 Å². The van der Waals surface area contributed by atoms with Gasteiger partial charge in [0.1, 0.15) is 10.9 Å². The minimum atomic E-state index is -3.84. The number of carboxylic acids is 1. The largest absolute Gasteiger partial charge is 0.480 e. The topological polar surface area (TPSA) is 96.4 Å². The summed E-state index contributed by atoms with van der Waals surface area (Å²) in [6.07, 6.45) is 2.85. The number of carbonyl (C=O) groups is 1. The van der Waals surface area contributed by atoms with E-state index in [1.54, 1.807) is 0 Å². The fraction of sp³-hybridized carbons (Fsp3) is 0.455. The Kier molecular flexibility index (Phi) is 4.80. The second kappa shape index (κ2) is 5.92. The molecule has 100 valence electrons. The van der Waals surface area contributed by atoms with Gasteiger partial charge < -0.3 is 5.11 Å². The van der Waals surface area contributed by atoms with Gasteiger partial charge in [-0.3, -0.25) is 9.78 Å². The Labute approximate surface area is 106 Å². The van der Waals surface area contributed by atoms with E-state index < -0.39 is 22.0 Å². The Morgan fingerprint density at radius 2 is 2.17 bits per heavy atom. The first-order valence-corrected chi connectivity index (χ1v) is 6.96. The minimum Gasteiger partial charge on any atom is -0.480 e.